The van der Waals surface area contributed by atoms with Crippen LogP contribution in [0.1, 0.15) is 20.8 Å². The zero-order valence-corrected chi connectivity index (χ0v) is 8.34. The molecular weight excluding hydrogens is 172 g/mol. The first kappa shape index (κ1) is 11.7. The molecule has 0 atom stereocenters. The molecule has 0 amide bonds. The van der Waals surface area contributed by atoms with E-state index in [0.717, 1.165) is 0 Å². The van der Waals surface area contributed by atoms with E-state index in [2.05, 4.69) is 0 Å². The van der Waals surface area contributed by atoms with Gasteiger partial charge in [-0.1, -0.05) is 0 Å². The lowest BCUT2D eigenvalue weighted by atomic mass is 10.1. The van der Waals surface area contributed by atoms with Crippen LogP contribution in [0, 0.1) is 0 Å². The van der Waals surface area contributed by atoms with Crippen molar-refractivity contribution in [2.75, 3.05) is 13.7 Å². The number of carbonyl (C=O) groups excluding carboxylic acids is 2. The molecule has 0 aliphatic carbocycles. The van der Waals surface area contributed by atoms with E-state index in [-0.39, 0.29) is 23.7 Å². The Kier molecular flexibility index (Phi) is 4.80. The Bertz CT molecular complexity index is 240. The average Bonchev–Trinajstić information content (AvgIpc) is 2.04. The second-order valence-corrected chi connectivity index (χ2v) is 2.41. The minimum Gasteiger partial charge on any atom is -0.500 e. The molecule has 0 unspecified atom stereocenters. The van der Waals surface area contributed by atoms with Crippen LogP contribution in [0.25, 0.3) is 0 Å². The van der Waals surface area contributed by atoms with Crippen LogP contribution in [0.15, 0.2) is 11.3 Å². The van der Waals surface area contributed by atoms with Gasteiger partial charge >= 0.3 is 5.97 Å². The number of ketones is 1. The summed E-state index contributed by atoms with van der Waals surface area (Å²) in [6.45, 7) is 4.77. The van der Waals surface area contributed by atoms with E-state index in [1.54, 1.807) is 13.8 Å². The molecule has 4 nitrogen and oxygen atoms in total. The van der Waals surface area contributed by atoms with Gasteiger partial charge in [-0.05, 0) is 20.8 Å². The van der Waals surface area contributed by atoms with Crippen LogP contribution in [0.5, 0.6) is 0 Å². The molecular formula is C9H14O4. The van der Waals surface area contributed by atoms with Gasteiger partial charge in [0.15, 0.2) is 5.78 Å². The number of methoxy groups -OCH3 is 1. The quantitative estimate of drug-likeness (QED) is 0.216. The van der Waals surface area contributed by atoms with E-state index in [4.69, 9.17) is 9.47 Å². The first-order valence-electron chi connectivity index (χ1n) is 3.97. The predicted molar refractivity (Wildman–Crippen MR) is 47.0 cm³/mol. The van der Waals surface area contributed by atoms with Crippen molar-refractivity contribution in [1.29, 1.82) is 0 Å². The average molecular weight is 186 g/mol. The molecule has 0 aromatic rings. The van der Waals surface area contributed by atoms with E-state index in [9.17, 15) is 9.59 Å². The molecule has 0 rings (SSSR count). The number of esters is 1. The Morgan fingerprint density at radius 2 is 1.77 bits per heavy atom. The van der Waals surface area contributed by atoms with Crippen LogP contribution in [0.2, 0.25) is 0 Å². The minimum absolute atomic E-state index is 0.0237. The van der Waals surface area contributed by atoms with E-state index in [1.807, 2.05) is 0 Å². The van der Waals surface area contributed by atoms with Gasteiger partial charge in [0, 0.05) is 0 Å². The van der Waals surface area contributed by atoms with Crippen molar-refractivity contribution >= 4 is 11.8 Å². The standard InChI is InChI=1S/C9H14O4/c1-5-13-9(11)8(6(2)10)7(3)12-4/h5H2,1-4H3/b8-7-. The smallest absolute Gasteiger partial charge is 0.345 e. The number of rotatable bonds is 4. The largest absolute Gasteiger partial charge is 0.500 e. The van der Waals surface area contributed by atoms with Crippen molar-refractivity contribution in [1.82, 2.24) is 0 Å². The van der Waals surface area contributed by atoms with Gasteiger partial charge in [0.1, 0.15) is 11.3 Å². The second-order valence-electron chi connectivity index (χ2n) is 2.41. The Balaban J connectivity index is 4.82. The molecule has 0 aromatic carbocycles. The first-order valence-corrected chi connectivity index (χ1v) is 3.97. The number of Topliss-reactive ketones (excluding diaryl/α,β-unsaturated/α-hetero) is 1. The maximum Gasteiger partial charge on any atom is 0.345 e. The summed E-state index contributed by atoms with van der Waals surface area (Å²) < 4.78 is 9.49. The fourth-order valence-electron chi connectivity index (χ4n) is 0.841. The van der Waals surface area contributed by atoms with Crippen LogP contribution in [-0.4, -0.2) is 25.5 Å². The molecule has 0 spiro atoms. The lowest BCUT2D eigenvalue weighted by molar-refractivity contribution is -0.140. The summed E-state index contributed by atoms with van der Waals surface area (Å²) in [6.07, 6.45) is 0. The van der Waals surface area contributed by atoms with Gasteiger partial charge in [-0.2, -0.15) is 0 Å². The molecule has 13 heavy (non-hydrogen) atoms. The van der Waals surface area contributed by atoms with E-state index in [1.165, 1.54) is 14.0 Å². The number of hydrogen-bond donors (Lipinski definition) is 0. The number of carbonyl (C=O) groups is 2. The van der Waals surface area contributed by atoms with Gasteiger partial charge in [0.05, 0.1) is 13.7 Å². The maximum atomic E-state index is 11.2. The highest BCUT2D eigenvalue weighted by atomic mass is 16.5. The molecule has 0 bridgehead atoms. The molecule has 0 heterocycles. The Labute approximate surface area is 77.5 Å². The summed E-state index contributed by atoms with van der Waals surface area (Å²) in [5.74, 6) is -0.696. The molecule has 0 radical (unpaired) electrons. The number of ether oxygens (including phenoxy) is 2. The highest BCUT2D eigenvalue weighted by Crippen LogP contribution is 2.08. The van der Waals surface area contributed by atoms with Crippen LogP contribution in [0.3, 0.4) is 0 Å². The molecule has 74 valence electrons. The summed E-state index contributed by atoms with van der Waals surface area (Å²) in [5.41, 5.74) is -0.0237. The summed E-state index contributed by atoms with van der Waals surface area (Å²) >= 11 is 0. The van der Waals surface area contributed by atoms with Crippen molar-refractivity contribution in [2.24, 2.45) is 0 Å². The fraction of sp³-hybridized carbons (Fsp3) is 0.556. The van der Waals surface area contributed by atoms with Crippen LogP contribution >= 0.6 is 0 Å². The van der Waals surface area contributed by atoms with Crippen molar-refractivity contribution in [2.45, 2.75) is 20.8 Å². The molecule has 0 aromatic heterocycles. The zero-order chi connectivity index (χ0) is 10.4. The fourth-order valence-corrected chi connectivity index (χ4v) is 0.841. The summed E-state index contributed by atoms with van der Waals surface area (Å²) in [4.78, 5) is 22.2. The van der Waals surface area contributed by atoms with Crippen molar-refractivity contribution in [3.8, 4) is 0 Å². The topological polar surface area (TPSA) is 52.6 Å². The first-order chi connectivity index (χ1) is 6.04. The van der Waals surface area contributed by atoms with Crippen molar-refractivity contribution in [3.63, 3.8) is 0 Å². The Morgan fingerprint density at radius 1 is 1.23 bits per heavy atom. The number of hydrogen-bond acceptors (Lipinski definition) is 4. The van der Waals surface area contributed by atoms with Crippen LogP contribution < -0.4 is 0 Å². The summed E-state index contributed by atoms with van der Waals surface area (Å²) in [6, 6.07) is 0. The molecule has 0 saturated carbocycles. The lowest BCUT2D eigenvalue weighted by Gasteiger charge is -2.06. The molecule has 0 aliphatic rings. The van der Waals surface area contributed by atoms with Gasteiger partial charge in [-0.15, -0.1) is 0 Å². The van der Waals surface area contributed by atoms with E-state index < -0.39 is 5.97 Å². The highest BCUT2D eigenvalue weighted by molar-refractivity contribution is 6.16. The lowest BCUT2D eigenvalue weighted by Crippen LogP contribution is -2.16. The SMILES string of the molecule is CCOC(=O)/C(C(C)=O)=C(/C)OC. The Morgan fingerprint density at radius 3 is 2.08 bits per heavy atom. The maximum absolute atomic E-state index is 11.2. The third-order valence-corrected chi connectivity index (χ3v) is 1.49. The van der Waals surface area contributed by atoms with Crippen molar-refractivity contribution in [3.05, 3.63) is 11.3 Å². The second kappa shape index (κ2) is 5.35. The molecule has 4 heteroatoms. The van der Waals surface area contributed by atoms with Crippen LogP contribution in [-0.2, 0) is 19.1 Å². The zero-order valence-electron chi connectivity index (χ0n) is 8.34. The van der Waals surface area contributed by atoms with Crippen molar-refractivity contribution < 1.29 is 19.1 Å². The minimum atomic E-state index is -0.630. The monoisotopic (exact) mass is 186 g/mol. The third-order valence-electron chi connectivity index (χ3n) is 1.49. The van der Waals surface area contributed by atoms with Crippen LogP contribution in [0.4, 0.5) is 0 Å². The van der Waals surface area contributed by atoms with Gasteiger partial charge in [0.25, 0.3) is 0 Å². The van der Waals surface area contributed by atoms with Gasteiger partial charge in [-0.25, -0.2) is 4.79 Å². The Hall–Kier alpha value is -1.32. The van der Waals surface area contributed by atoms with Gasteiger partial charge in [-0.3, -0.25) is 4.79 Å². The summed E-state index contributed by atoms with van der Waals surface area (Å²) in [5, 5.41) is 0. The third kappa shape index (κ3) is 3.27. The molecule has 0 fully saturated rings. The molecule has 0 N–H and O–H groups in total. The number of allylic oxidation sites excluding steroid dienone is 1. The van der Waals surface area contributed by atoms with Gasteiger partial charge in [0.2, 0.25) is 0 Å². The predicted octanol–water partition coefficient (Wildman–Crippen LogP) is 1.06. The molecule has 0 aliphatic heterocycles. The van der Waals surface area contributed by atoms with E-state index >= 15 is 0 Å². The summed E-state index contributed by atoms with van der Waals surface area (Å²) in [7, 11) is 1.40. The molecule has 0 saturated heterocycles. The normalized spacial score (nSPS) is 11.7. The highest BCUT2D eigenvalue weighted by Gasteiger charge is 2.19. The van der Waals surface area contributed by atoms with Gasteiger partial charge < -0.3 is 9.47 Å². The van der Waals surface area contributed by atoms with E-state index in [0.29, 0.717) is 0 Å².